The van der Waals surface area contributed by atoms with E-state index < -0.39 is 11.9 Å². The molecule has 0 amide bonds. The van der Waals surface area contributed by atoms with Gasteiger partial charge in [-0.15, -0.1) is 0 Å². The van der Waals surface area contributed by atoms with E-state index >= 15 is 0 Å². The summed E-state index contributed by atoms with van der Waals surface area (Å²) in [6.45, 7) is 7.01. The maximum Gasteiger partial charge on any atom is 0.434 e. The summed E-state index contributed by atoms with van der Waals surface area (Å²) in [5.74, 6) is 0.190. The Labute approximate surface area is 211 Å². The Balaban J connectivity index is 1.39. The molecule has 5 rings (SSSR count). The molecule has 190 valence electrons. The molecule has 5 heterocycles. The van der Waals surface area contributed by atoms with Crippen LogP contribution in [0.25, 0.3) is 22.9 Å². The summed E-state index contributed by atoms with van der Waals surface area (Å²) >= 11 is 6.44. The lowest BCUT2D eigenvalue weighted by Crippen LogP contribution is -2.21. The van der Waals surface area contributed by atoms with Crippen LogP contribution in [0.2, 0.25) is 5.02 Å². The average Bonchev–Trinajstić information content (AvgIpc) is 3.55. The third-order valence-electron chi connectivity index (χ3n) is 6.25. The smallest absolute Gasteiger partial charge is 0.375 e. The van der Waals surface area contributed by atoms with Crippen LogP contribution in [0.1, 0.15) is 57.1 Å². The second kappa shape index (κ2) is 9.27. The predicted molar refractivity (Wildman–Crippen MR) is 131 cm³/mol. The zero-order valence-electron chi connectivity index (χ0n) is 20.1. The molecule has 1 atom stereocenters. The summed E-state index contributed by atoms with van der Waals surface area (Å²) in [5.41, 5.74) is 2.82. The van der Waals surface area contributed by atoms with E-state index in [2.05, 4.69) is 20.4 Å². The molecule has 1 aliphatic rings. The summed E-state index contributed by atoms with van der Waals surface area (Å²) < 4.78 is 44.7. The summed E-state index contributed by atoms with van der Waals surface area (Å²) in [7, 11) is 0. The number of fused-ring (bicyclic) bond motifs is 1. The van der Waals surface area contributed by atoms with Crippen molar-refractivity contribution in [3.63, 3.8) is 0 Å². The van der Waals surface area contributed by atoms with E-state index in [0.717, 1.165) is 48.4 Å². The molecule has 36 heavy (non-hydrogen) atoms. The Morgan fingerprint density at radius 1 is 1.19 bits per heavy atom. The number of alkyl halides is 3. The number of pyridine rings is 1. The first-order valence-electron chi connectivity index (χ1n) is 11.8. The molecule has 0 spiro atoms. The van der Waals surface area contributed by atoms with Gasteiger partial charge < -0.3 is 9.88 Å². The van der Waals surface area contributed by atoms with E-state index in [1.165, 1.54) is 4.57 Å². The van der Waals surface area contributed by atoms with Crippen LogP contribution in [-0.2, 0) is 19.3 Å². The van der Waals surface area contributed by atoms with Gasteiger partial charge in [-0.1, -0.05) is 11.6 Å². The maximum absolute atomic E-state index is 13.1. The fourth-order valence-corrected chi connectivity index (χ4v) is 4.76. The van der Waals surface area contributed by atoms with Gasteiger partial charge in [0.25, 0.3) is 0 Å². The van der Waals surface area contributed by atoms with Crippen molar-refractivity contribution in [3.8, 4) is 22.9 Å². The summed E-state index contributed by atoms with van der Waals surface area (Å²) in [4.78, 5) is 8.18. The monoisotopic (exact) mass is 518 g/mol. The predicted octanol–water partition coefficient (Wildman–Crippen LogP) is 6.23. The standard InChI is InChI=1S/C24H26ClF3N8/c1-4-34-13-21(24(26,27)28)32-23(34)18-8-7-15(11-29-18)31-17-6-5-9-35-20(17)10-19(33-35)22-16(25)12-30-36(22)14(2)3/h7-8,10-14,17,31H,4-6,9H2,1-3H3. The minimum absolute atomic E-state index is 0.00342. The summed E-state index contributed by atoms with van der Waals surface area (Å²) in [5, 5.41) is 13.2. The molecule has 8 nitrogen and oxygen atoms in total. The highest BCUT2D eigenvalue weighted by atomic mass is 35.5. The van der Waals surface area contributed by atoms with Crippen molar-refractivity contribution < 1.29 is 13.2 Å². The first-order valence-corrected chi connectivity index (χ1v) is 12.2. The Bertz CT molecular complexity index is 1370. The molecule has 1 N–H and O–H groups in total. The van der Waals surface area contributed by atoms with Crippen molar-refractivity contribution in [1.82, 2.24) is 34.1 Å². The summed E-state index contributed by atoms with van der Waals surface area (Å²) in [6.07, 6.45) is 1.62. The quantitative estimate of drug-likeness (QED) is 0.327. The van der Waals surface area contributed by atoms with E-state index in [1.54, 1.807) is 25.4 Å². The highest BCUT2D eigenvalue weighted by Gasteiger charge is 2.35. The van der Waals surface area contributed by atoms with Gasteiger partial charge in [-0.3, -0.25) is 14.3 Å². The van der Waals surface area contributed by atoms with Gasteiger partial charge in [0.15, 0.2) is 11.5 Å². The molecule has 4 aromatic rings. The normalized spacial score (nSPS) is 15.9. The van der Waals surface area contributed by atoms with Crippen molar-refractivity contribution in [1.29, 1.82) is 0 Å². The van der Waals surface area contributed by atoms with Crippen LogP contribution in [0.3, 0.4) is 0 Å². The SMILES string of the molecule is CCn1cc(C(F)(F)F)nc1-c1ccc(NC2CCCn3nc(-c4c(Cl)cnn4C(C)C)cc32)cn1. The number of hydrogen-bond acceptors (Lipinski definition) is 5. The van der Waals surface area contributed by atoms with Crippen LogP contribution in [0.5, 0.6) is 0 Å². The lowest BCUT2D eigenvalue weighted by atomic mass is 10.0. The average molecular weight is 519 g/mol. The first kappa shape index (κ1) is 24.4. The number of halogens is 4. The van der Waals surface area contributed by atoms with E-state index in [1.807, 2.05) is 35.3 Å². The molecular weight excluding hydrogens is 493 g/mol. The molecule has 0 radical (unpaired) electrons. The first-order chi connectivity index (χ1) is 17.2. The molecule has 0 fully saturated rings. The zero-order valence-corrected chi connectivity index (χ0v) is 20.8. The van der Waals surface area contributed by atoms with E-state index in [0.29, 0.717) is 17.3 Å². The number of imidazole rings is 1. The lowest BCUT2D eigenvalue weighted by molar-refractivity contribution is -0.140. The van der Waals surface area contributed by atoms with Gasteiger partial charge >= 0.3 is 6.18 Å². The second-order valence-corrected chi connectivity index (χ2v) is 9.47. The van der Waals surface area contributed by atoms with Gasteiger partial charge in [-0.25, -0.2) is 4.98 Å². The van der Waals surface area contributed by atoms with Crippen molar-refractivity contribution in [2.75, 3.05) is 5.32 Å². The molecular formula is C24H26ClF3N8. The van der Waals surface area contributed by atoms with Gasteiger partial charge in [-0.05, 0) is 51.8 Å². The Hall–Kier alpha value is -3.34. The van der Waals surface area contributed by atoms with Gasteiger partial charge in [0.05, 0.1) is 34.8 Å². The van der Waals surface area contributed by atoms with Gasteiger partial charge in [-0.2, -0.15) is 23.4 Å². The van der Waals surface area contributed by atoms with Gasteiger partial charge in [0.2, 0.25) is 0 Å². The van der Waals surface area contributed by atoms with Crippen molar-refractivity contribution in [3.05, 3.63) is 53.2 Å². The highest BCUT2D eigenvalue weighted by molar-refractivity contribution is 6.32. The number of anilines is 1. The topological polar surface area (TPSA) is 78.4 Å². The highest BCUT2D eigenvalue weighted by Crippen LogP contribution is 2.35. The van der Waals surface area contributed by atoms with Crippen LogP contribution < -0.4 is 5.32 Å². The van der Waals surface area contributed by atoms with Crippen LogP contribution in [0.4, 0.5) is 18.9 Å². The number of hydrogen-bond donors (Lipinski definition) is 1. The fourth-order valence-electron chi connectivity index (χ4n) is 4.53. The minimum Gasteiger partial charge on any atom is -0.375 e. The number of nitrogens with zero attached hydrogens (tertiary/aromatic N) is 7. The zero-order chi connectivity index (χ0) is 25.6. The third kappa shape index (κ3) is 4.47. The molecule has 0 saturated heterocycles. The molecule has 0 saturated carbocycles. The molecule has 1 aliphatic heterocycles. The van der Waals surface area contributed by atoms with Gasteiger partial charge in [0.1, 0.15) is 17.1 Å². The molecule has 0 aliphatic carbocycles. The largest absolute Gasteiger partial charge is 0.434 e. The Kier molecular flexibility index (Phi) is 6.27. The molecule has 12 heteroatoms. The molecule has 4 aromatic heterocycles. The molecule has 0 bridgehead atoms. The van der Waals surface area contributed by atoms with Crippen LogP contribution in [0, 0.1) is 0 Å². The van der Waals surface area contributed by atoms with Crippen molar-refractivity contribution in [2.24, 2.45) is 0 Å². The summed E-state index contributed by atoms with van der Waals surface area (Å²) in [6, 6.07) is 5.67. The molecule has 0 aromatic carbocycles. The van der Waals surface area contributed by atoms with E-state index in [4.69, 9.17) is 16.7 Å². The van der Waals surface area contributed by atoms with Crippen LogP contribution in [0.15, 0.2) is 36.8 Å². The Morgan fingerprint density at radius 2 is 2.00 bits per heavy atom. The van der Waals surface area contributed by atoms with Crippen LogP contribution in [-0.4, -0.2) is 34.1 Å². The van der Waals surface area contributed by atoms with Crippen molar-refractivity contribution in [2.45, 2.75) is 65.0 Å². The van der Waals surface area contributed by atoms with Gasteiger partial charge in [0, 0.05) is 25.3 Å². The Morgan fingerprint density at radius 3 is 2.67 bits per heavy atom. The maximum atomic E-state index is 13.1. The minimum atomic E-state index is -4.50. The van der Waals surface area contributed by atoms with E-state index in [-0.39, 0.29) is 17.9 Å². The number of aromatic nitrogens is 7. The van der Waals surface area contributed by atoms with Crippen LogP contribution >= 0.6 is 11.6 Å². The number of aryl methyl sites for hydroxylation is 2. The molecule has 1 unspecified atom stereocenters. The van der Waals surface area contributed by atoms with Crippen molar-refractivity contribution >= 4 is 17.3 Å². The second-order valence-electron chi connectivity index (χ2n) is 9.06. The van der Waals surface area contributed by atoms with E-state index in [9.17, 15) is 13.2 Å². The number of nitrogens with one attached hydrogen (secondary N) is 1. The fraction of sp³-hybridized carbons (Fsp3) is 0.417. The number of rotatable bonds is 6. The third-order valence-corrected chi connectivity index (χ3v) is 6.53. The lowest BCUT2D eigenvalue weighted by Gasteiger charge is -2.25.